The molecule has 1 saturated carbocycles. The van der Waals surface area contributed by atoms with Crippen LogP contribution < -0.4 is 9.47 Å². The monoisotopic (exact) mass is 375 g/mol. The topological polar surface area (TPSA) is 65.1 Å². The summed E-state index contributed by atoms with van der Waals surface area (Å²) in [5, 5.41) is 0. The molecular weight excluding hydrogens is 346 g/mol. The van der Waals surface area contributed by atoms with Crippen molar-refractivity contribution in [3.63, 3.8) is 0 Å². The lowest BCUT2D eigenvalue weighted by Gasteiger charge is -2.31. The summed E-state index contributed by atoms with van der Waals surface area (Å²) in [5.41, 5.74) is 0.776. The van der Waals surface area contributed by atoms with Crippen LogP contribution in [0.3, 0.4) is 0 Å². The number of hydrogen-bond acceptors (Lipinski definition) is 5. The highest BCUT2D eigenvalue weighted by Gasteiger charge is 2.22. The van der Waals surface area contributed by atoms with Gasteiger partial charge in [-0.05, 0) is 43.5 Å². The average molecular weight is 375 g/mol. The summed E-state index contributed by atoms with van der Waals surface area (Å²) < 4.78 is 15.8. The Morgan fingerprint density at radius 2 is 1.93 bits per heavy atom. The Morgan fingerprint density at radius 1 is 1.19 bits per heavy atom. The molecule has 1 aromatic carbocycles. The first kappa shape index (κ1) is 20.8. The van der Waals surface area contributed by atoms with Gasteiger partial charge in [0.15, 0.2) is 18.1 Å². The lowest BCUT2D eigenvalue weighted by molar-refractivity contribution is -0.148. The zero-order valence-corrected chi connectivity index (χ0v) is 16.4. The van der Waals surface area contributed by atoms with Gasteiger partial charge in [-0.2, -0.15) is 0 Å². The van der Waals surface area contributed by atoms with Crippen LogP contribution in [0.5, 0.6) is 11.5 Å². The van der Waals surface area contributed by atoms with Gasteiger partial charge in [-0.15, -0.1) is 0 Å². The number of hydrogen-bond donors (Lipinski definition) is 0. The maximum Gasteiger partial charge on any atom is 0.331 e. The molecule has 27 heavy (non-hydrogen) atoms. The third kappa shape index (κ3) is 6.31. The minimum absolute atomic E-state index is 0.161. The number of benzene rings is 1. The van der Waals surface area contributed by atoms with E-state index in [1.165, 1.54) is 12.5 Å². The molecule has 1 fully saturated rings. The van der Waals surface area contributed by atoms with Crippen molar-refractivity contribution in [3.8, 4) is 11.5 Å². The molecule has 0 aliphatic heterocycles. The smallest absolute Gasteiger partial charge is 0.331 e. The van der Waals surface area contributed by atoms with Gasteiger partial charge in [0, 0.05) is 19.2 Å². The van der Waals surface area contributed by atoms with E-state index in [1.807, 2.05) is 13.0 Å². The van der Waals surface area contributed by atoms with Gasteiger partial charge in [0.1, 0.15) is 0 Å². The van der Waals surface area contributed by atoms with E-state index in [0.717, 1.165) is 31.2 Å². The summed E-state index contributed by atoms with van der Waals surface area (Å²) in [6.07, 6.45) is 8.51. The van der Waals surface area contributed by atoms with Crippen molar-refractivity contribution in [2.45, 2.75) is 45.1 Å². The van der Waals surface area contributed by atoms with Crippen molar-refractivity contribution in [2.24, 2.45) is 0 Å². The van der Waals surface area contributed by atoms with Crippen LogP contribution in [-0.2, 0) is 14.3 Å². The number of ether oxygens (including phenoxy) is 3. The molecule has 1 aliphatic carbocycles. The maximum atomic E-state index is 12.2. The van der Waals surface area contributed by atoms with E-state index in [-0.39, 0.29) is 18.6 Å². The molecule has 0 bridgehead atoms. The first-order valence-electron chi connectivity index (χ1n) is 9.46. The second kappa shape index (κ2) is 10.6. The van der Waals surface area contributed by atoms with Crippen LogP contribution in [0.1, 0.15) is 44.6 Å². The molecule has 0 N–H and O–H groups in total. The Balaban J connectivity index is 1.84. The quantitative estimate of drug-likeness (QED) is 0.514. The van der Waals surface area contributed by atoms with E-state index >= 15 is 0 Å². The van der Waals surface area contributed by atoms with Gasteiger partial charge >= 0.3 is 5.97 Å². The van der Waals surface area contributed by atoms with Crippen LogP contribution in [0.25, 0.3) is 6.08 Å². The van der Waals surface area contributed by atoms with Gasteiger partial charge in [-0.3, -0.25) is 4.79 Å². The van der Waals surface area contributed by atoms with Crippen molar-refractivity contribution < 1.29 is 23.8 Å². The van der Waals surface area contributed by atoms with Crippen molar-refractivity contribution in [1.29, 1.82) is 0 Å². The Bertz CT molecular complexity index is 665. The second-order valence-electron chi connectivity index (χ2n) is 6.58. The lowest BCUT2D eigenvalue weighted by Crippen LogP contribution is -2.40. The van der Waals surface area contributed by atoms with Gasteiger partial charge < -0.3 is 19.1 Å². The molecule has 0 aromatic heterocycles. The van der Waals surface area contributed by atoms with Crippen LogP contribution in [0, 0.1) is 0 Å². The standard InChI is InChI=1S/C21H29NO5/c1-4-26-18-12-10-16(14-19(18)25-3)11-13-21(24)27-15-20(23)22(2)17-8-6-5-7-9-17/h10-14,17H,4-9,15H2,1-3H3/b13-11+. The van der Waals surface area contributed by atoms with Crippen LogP contribution >= 0.6 is 0 Å². The maximum absolute atomic E-state index is 12.2. The van der Waals surface area contributed by atoms with Gasteiger partial charge in [-0.25, -0.2) is 4.79 Å². The van der Waals surface area contributed by atoms with E-state index in [4.69, 9.17) is 14.2 Å². The van der Waals surface area contributed by atoms with Gasteiger partial charge in [0.2, 0.25) is 0 Å². The minimum atomic E-state index is -0.548. The molecule has 6 heteroatoms. The number of carbonyl (C=O) groups excluding carboxylic acids is 2. The third-order valence-corrected chi connectivity index (χ3v) is 4.75. The first-order chi connectivity index (χ1) is 13.0. The highest BCUT2D eigenvalue weighted by atomic mass is 16.5. The predicted molar refractivity (Wildman–Crippen MR) is 104 cm³/mol. The molecule has 1 aliphatic rings. The molecule has 0 heterocycles. The number of nitrogens with zero attached hydrogens (tertiary/aromatic N) is 1. The van der Waals surface area contributed by atoms with Crippen molar-refractivity contribution in [3.05, 3.63) is 29.8 Å². The van der Waals surface area contributed by atoms with Crippen molar-refractivity contribution in [1.82, 2.24) is 4.90 Å². The van der Waals surface area contributed by atoms with Crippen LogP contribution in [0.2, 0.25) is 0 Å². The summed E-state index contributed by atoms with van der Waals surface area (Å²) >= 11 is 0. The fraction of sp³-hybridized carbons (Fsp3) is 0.524. The predicted octanol–water partition coefficient (Wildman–Crippen LogP) is 3.44. The SMILES string of the molecule is CCOc1ccc(/C=C/C(=O)OCC(=O)N(C)C2CCCCC2)cc1OC. The Hall–Kier alpha value is -2.50. The molecule has 1 amide bonds. The van der Waals surface area contributed by atoms with E-state index in [9.17, 15) is 9.59 Å². The van der Waals surface area contributed by atoms with Crippen LogP contribution in [0.4, 0.5) is 0 Å². The minimum Gasteiger partial charge on any atom is -0.493 e. The highest BCUT2D eigenvalue weighted by Crippen LogP contribution is 2.28. The van der Waals surface area contributed by atoms with E-state index in [1.54, 1.807) is 37.3 Å². The third-order valence-electron chi connectivity index (χ3n) is 4.75. The number of esters is 1. The molecular formula is C21H29NO5. The van der Waals surface area contributed by atoms with Crippen molar-refractivity contribution in [2.75, 3.05) is 27.4 Å². The highest BCUT2D eigenvalue weighted by molar-refractivity contribution is 5.89. The Labute approximate surface area is 161 Å². The molecule has 6 nitrogen and oxygen atoms in total. The van der Waals surface area contributed by atoms with Gasteiger partial charge in [-0.1, -0.05) is 25.3 Å². The zero-order chi connectivity index (χ0) is 19.6. The summed E-state index contributed by atoms with van der Waals surface area (Å²) in [4.78, 5) is 25.8. The molecule has 2 rings (SSSR count). The summed E-state index contributed by atoms with van der Waals surface area (Å²) in [6.45, 7) is 2.21. The largest absolute Gasteiger partial charge is 0.493 e. The van der Waals surface area contributed by atoms with Crippen LogP contribution in [-0.4, -0.2) is 50.2 Å². The summed E-state index contributed by atoms with van der Waals surface area (Å²) in [5.74, 6) is 0.535. The van der Waals surface area contributed by atoms with Crippen LogP contribution in [0.15, 0.2) is 24.3 Å². The second-order valence-corrected chi connectivity index (χ2v) is 6.58. The fourth-order valence-corrected chi connectivity index (χ4v) is 3.18. The molecule has 0 unspecified atom stereocenters. The summed E-state index contributed by atoms with van der Waals surface area (Å²) in [6, 6.07) is 5.64. The van der Waals surface area contributed by atoms with Gasteiger partial charge in [0.05, 0.1) is 13.7 Å². The number of methoxy groups -OCH3 is 1. The Kier molecular flexibility index (Phi) is 8.17. The van der Waals surface area contributed by atoms with Gasteiger partial charge in [0.25, 0.3) is 5.91 Å². The van der Waals surface area contributed by atoms with E-state index in [0.29, 0.717) is 18.1 Å². The van der Waals surface area contributed by atoms with Crippen molar-refractivity contribution >= 4 is 18.0 Å². The number of carbonyl (C=O) groups is 2. The average Bonchev–Trinajstić information content (AvgIpc) is 2.71. The zero-order valence-electron chi connectivity index (χ0n) is 16.4. The molecule has 0 radical (unpaired) electrons. The Morgan fingerprint density at radius 3 is 2.59 bits per heavy atom. The van der Waals surface area contributed by atoms with E-state index < -0.39 is 5.97 Å². The fourth-order valence-electron chi connectivity index (χ4n) is 3.18. The molecule has 0 saturated heterocycles. The first-order valence-corrected chi connectivity index (χ1v) is 9.46. The molecule has 1 aromatic rings. The number of likely N-dealkylation sites (N-methyl/N-ethyl adjacent to an activating group) is 1. The molecule has 0 atom stereocenters. The number of rotatable bonds is 8. The summed E-state index contributed by atoms with van der Waals surface area (Å²) in [7, 11) is 3.35. The lowest BCUT2D eigenvalue weighted by atomic mass is 9.94. The van der Waals surface area contributed by atoms with E-state index in [2.05, 4.69) is 0 Å². The normalized spacial score (nSPS) is 14.8. The molecule has 0 spiro atoms. The molecule has 148 valence electrons. The number of amides is 1.